The van der Waals surface area contributed by atoms with Gasteiger partial charge in [-0.15, -0.1) is 5.10 Å². The standard InChI is InChI=1S/C26H28N6O2/c1-16-13-17-7-3-6-10-23(17)31(16)24(25-28-29-30-32(25)19-8-4-5-9-19)21-15-18-14-20(34-2)11-12-22(18)27-26(21)33/h3,6-7,10-12,14-16,19,24H,4-5,8-9,13H2,1-2H3,(H,27,33)/t16-,24-/m0/s1. The molecule has 2 atom stereocenters. The van der Waals surface area contributed by atoms with E-state index in [1.54, 1.807) is 7.11 Å². The summed E-state index contributed by atoms with van der Waals surface area (Å²) in [5.41, 5.74) is 3.70. The summed E-state index contributed by atoms with van der Waals surface area (Å²) in [5.74, 6) is 1.47. The molecule has 1 aliphatic carbocycles. The number of hydrogen-bond acceptors (Lipinski definition) is 6. The second-order valence-corrected chi connectivity index (χ2v) is 9.42. The SMILES string of the molecule is COc1ccc2[nH]c(=O)c([C@@H](c3nnnn3C3CCCC3)N3c4ccccc4C[C@@H]3C)cc2c1. The van der Waals surface area contributed by atoms with Gasteiger partial charge in [0.25, 0.3) is 5.56 Å². The first kappa shape index (κ1) is 20.9. The summed E-state index contributed by atoms with van der Waals surface area (Å²) < 4.78 is 7.41. The Balaban J connectivity index is 1.58. The topological polar surface area (TPSA) is 88.9 Å². The number of ether oxygens (including phenoxy) is 1. The predicted molar refractivity (Wildman–Crippen MR) is 130 cm³/mol. The van der Waals surface area contributed by atoms with Crippen LogP contribution in [0.15, 0.2) is 53.3 Å². The van der Waals surface area contributed by atoms with Crippen LogP contribution in [0, 0.1) is 0 Å². The normalized spacial score (nSPS) is 19.0. The van der Waals surface area contributed by atoms with Gasteiger partial charge in [0.05, 0.1) is 13.2 Å². The van der Waals surface area contributed by atoms with Crippen molar-refractivity contribution in [2.24, 2.45) is 0 Å². The van der Waals surface area contributed by atoms with Crippen molar-refractivity contribution < 1.29 is 4.74 Å². The van der Waals surface area contributed by atoms with Crippen LogP contribution in [0.1, 0.15) is 61.6 Å². The lowest BCUT2D eigenvalue weighted by molar-refractivity contribution is 0.415. The summed E-state index contributed by atoms with van der Waals surface area (Å²) >= 11 is 0. The molecule has 6 rings (SSSR count). The van der Waals surface area contributed by atoms with Crippen LogP contribution in [0.25, 0.3) is 10.9 Å². The first-order valence-corrected chi connectivity index (χ1v) is 12.0. The zero-order valence-electron chi connectivity index (χ0n) is 19.4. The maximum atomic E-state index is 13.5. The van der Waals surface area contributed by atoms with Crippen molar-refractivity contribution in [2.45, 2.75) is 57.2 Å². The molecule has 1 saturated carbocycles. The van der Waals surface area contributed by atoms with Gasteiger partial charge in [-0.3, -0.25) is 4.79 Å². The van der Waals surface area contributed by atoms with E-state index < -0.39 is 6.04 Å². The van der Waals surface area contributed by atoms with Crippen LogP contribution in [0.5, 0.6) is 5.75 Å². The van der Waals surface area contributed by atoms with E-state index in [4.69, 9.17) is 4.74 Å². The second kappa shape index (κ2) is 8.27. The minimum absolute atomic E-state index is 0.125. The maximum Gasteiger partial charge on any atom is 0.254 e. The van der Waals surface area contributed by atoms with Gasteiger partial charge >= 0.3 is 0 Å². The van der Waals surface area contributed by atoms with Gasteiger partial charge in [0.1, 0.15) is 11.8 Å². The summed E-state index contributed by atoms with van der Waals surface area (Å²) in [5, 5.41) is 13.9. The fraction of sp³-hybridized carbons (Fsp3) is 0.385. The van der Waals surface area contributed by atoms with Crippen LogP contribution in [0.2, 0.25) is 0 Å². The van der Waals surface area contributed by atoms with E-state index in [9.17, 15) is 4.79 Å². The predicted octanol–water partition coefficient (Wildman–Crippen LogP) is 4.18. The Bertz CT molecular complexity index is 1400. The molecule has 0 radical (unpaired) electrons. The zero-order valence-corrected chi connectivity index (χ0v) is 19.4. The molecule has 8 nitrogen and oxygen atoms in total. The fourth-order valence-corrected chi connectivity index (χ4v) is 5.72. The third-order valence-electron chi connectivity index (χ3n) is 7.35. The Labute approximate surface area is 197 Å². The number of methoxy groups -OCH3 is 1. The molecule has 0 saturated heterocycles. The monoisotopic (exact) mass is 456 g/mol. The van der Waals surface area contributed by atoms with E-state index >= 15 is 0 Å². The molecule has 1 N–H and O–H groups in total. The Hall–Kier alpha value is -3.68. The lowest BCUT2D eigenvalue weighted by atomic mass is 10.0. The number of hydrogen-bond donors (Lipinski definition) is 1. The number of para-hydroxylation sites is 1. The molecular weight excluding hydrogens is 428 g/mol. The quantitative estimate of drug-likeness (QED) is 0.485. The highest BCUT2D eigenvalue weighted by molar-refractivity contribution is 5.81. The molecule has 2 aromatic carbocycles. The lowest BCUT2D eigenvalue weighted by Crippen LogP contribution is -2.39. The van der Waals surface area contributed by atoms with Crippen molar-refractivity contribution in [3.8, 4) is 5.75 Å². The molecule has 2 aromatic heterocycles. The molecule has 8 heteroatoms. The van der Waals surface area contributed by atoms with Crippen molar-refractivity contribution in [2.75, 3.05) is 12.0 Å². The van der Waals surface area contributed by atoms with E-state index in [0.717, 1.165) is 47.4 Å². The first-order chi connectivity index (χ1) is 16.6. The molecule has 0 bridgehead atoms. The second-order valence-electron chi connectivity index (χ2n) is 9.42. The minimum atomic E-state index is -0.409. The Morgan fingerprint density at radius 1 is 1.12 bits per heavy atom. The molecule has 0 spiro atoms. The van der Waals surface area contributed by atoms with E-state index in [1.165, 1.54) is 18.4 Å². The number of nitrogens with one attached hydrogen (secondary N) is 1. The average Bonchev–Trinajstić information content (AvgIpc) is 3.60. The molecule has 34 heavy (non-hydrogen) atoms. The Morgan fingerprint density at radius 2 is 1.94 bits per heavy atom. The van der Waals surface area contributed by atoms with Gasteiger partial charge in [-0.25, -0.2) is 4.68 Å². The average molecular weight is 457 g/mol. The van der Waals surface area contributed by atoms with Crippen molar-refractivity contribution in [1.29, 1.82) is 0 Å². The van der Waals surface area contributed by atoms with Gasteiger partial charge in [-0.05, 0) is 72.5 Å². The van der Waals surface area contributed by atoms with E-state index in [-0.39, 0.29) is 17.6 Å². The number of rotatable bonds is 5. The number of H-pyrrole nitrogens is 1. The zero-order chi connectivity index (χ0) is 23.2. The van der Waals surface area contributed by atoms with E-state index in [1.807, 2.05) is 28.9 Å². The van der Waals surface area contributed by atoms with Crippen LogP contribution in [-0.2, 0) is 6.42 Å². The first-order valence-electron chi connectivity index (χ1n) is 12.0. The number of fused-ring (bicyclic) bond motifs is 2. The van der Waals surface area contributed by atoms with Crippen molar-refractivity contribution in [3.05, 3.63) is 75.8 Å². The highest BCUT2D eigenvalue weighted by Gasteiger charge is 2.39. The van der Waals surface area contributed by atoms with Crippen LogP contribution < -0.4 is 15.2 Å². The maximum absolute atomic E-state index is 13.5. The Morgan fingerprint density at radius 3 is 2.76 bits per heavy atom. The van der Waals surface area contributed by atoms with Crippen LogP contribution in [0.4, 0.5) is 5.69 Å². The summed E-state index contributed by atoms with van der Waals surface area (Å²) in [7, 11) is 1.65. The molecule has 174 valence electrons. The molecule has 1 fully saturated rings. The fourth-order valence-electron chi connectivity index (χ4n) is 5.72. The van der Waals surface area contributed by atoms with Crippen LogP contribution in [0.3, 0.4) is 0 Å². The molecule has 0 amide bonds. The number of aromatic amines is 1. The summed E-state index contributed by atoms with van der Waals surface area (Å²) in [6, 6.07) is 16.1. The number of benzene rings is 2. The largest absolute Gasteiger partial charge is 0.497 e. The van der Waals surface area contributed by atoms with Crippen molar-refractivity contribution in [1.82, 2.24) is 25.2 Å². The number of aromatic nitrogens is 5. The molecule has 1 aliphatic heterocycles. The van der Waals surface area contributed by atoms with Gasteiger partial charge in [-0.2, -0.15) is 0 Å². The highest BCUT2D eigenvalue weighted by atomic mass is 16.5. The van der Waals surface area contributed by atoms with Gasteiger partial charge in [-0.1, -0.05) is 31.0 Å². The molecular formula is C26H28N6O2. The van der Waals surface area contributed by atoms with Gasteiger partial charge in [0.15, 0.2) is 5.82 Å². The van der Waals surface area contributed by atoms with E-state index in [0.29, 0.717) is 5.56 Å². The van der Waals surface area contributed by atoms with Crippen LogP contribution in [-0.4, -0.2) is 38.3 Å². The number of tetrazole rings is 1. The smallest absolute Gasteiger partial charge is 0.254 e. The van der Waals surface area contributed by atoms with Crippen LogP contribution >= 0.6 is 0 Å². The molecule has 0 unspecified atom stereocenters. The highest BCUT2D eigenvalue weighted by Crippen LogP contribution is 2.42. The number of anilines is 1. The van der Waals surface area contributed by atoms with Crippen molar-refractivity contribution >= 4 is 16.6 Å². The summed E-state index contributed by atoms with van der Waals surface area (Å²) in [4.78, 5) is 19.0. The number of pyridine rings is 1. The van der Waals surface area contributed by atoms with Gasteiger partial charge < -0.3 is 14.6 Å². The summed E-state index contributed by atoms with van der Waals surface area (Å²) in [6.07, 6.45) is 5.38. The molecule has 4 aromatic rings. The van der Waals surface area contributed by atoms with Gasteiger partial charge in [0.2, 0.25) is 0 Å². The minimum Gasteiger partial charge on any atom is -0.497 e. The number of nitrogens with zero attached hydrogens (tertiary/aromatic N) is 5. The lowest BCUT2D eigenvalue weighted by Gasteiger charge is -2.34. The third kappa shape index (κ3) is 3.36. The summed E-state index contributed by atoms with van der Waals surface area (Å²) in [6.45, 7) is 2.20. The van der Waals surface area contributed by atoms with Crippen molar-refractivity contribution in [3.63, 3.8) is 0 Å². The Kier molecular flexibility index (Phi) is 5.08. The molecule has 2 aliphatic rings. The third-order valence-corrected chi connectivity index (χ3v) is 7.35. The van der Waals surface area contributed by atoms with E-state index in [2.05, 4.69) is 56.6 Å². The molecule has 3 heterocycles. The van der Waals surface area contributed by atoms with Gasteiger partial charge in [0, 0.05) is 28.2 Å².